The Bertz CT molecular complexity index is 1450. The van der Waals surface area contributed by atoms with Gasteiger partial charge in [-0.15, -0.1) is 10.2 Å². The summed E-state index contributed by atoms with van der Waals surface area (Å²) in [5.41, 5.74) is 3.03. The van der Waals surface area contributed by atoms with Crippen molar-refractivity contribution in [2.45, 2.75) is 17.9 Å². The predicted octanol–water partition coefficient (Wildman–Crippen LogP) is 3.34. The Labute approximate surface area is 205 Å². The molecule has 0 bridgehead atoms. The second-order valence-electron chi connectivity index (χ2n) is 8.23. The normalized spacial score (nSPS) is 15.4. The van der Waals surface area contributed by atoms with Crippen molar-refractivity contribution in [2.75, 3.05) is 35.8 Å². The quantitative estimate of drug-likeness (QED) is 0.424. The second kappa shape index (κ2) is 9.27. The van der Waals surface area contributed by atoms with Gasteiger partial charge in [0, 0.05) is 43.4 Å². The molecule has 2 aromatic carbocycles. The summed E-state index contributed by atoms with van der Waals surface area (Å²) in [5.74, 6) is -0.320. The first-order chi connectivity index (χ1) is 16.8. The summed E-state index contributed by atoms with van der Waals surface area (Å²) in [6, 6.07) is 12.7. The molecule has 1 amide bonds. The van der Waals surface area contributed by atoms with E-state index in [0.29, 0.717) is 37.1 Å². The molecule has 1 N–H and O–H groups in total. The fourth-order valence-corrected chi connectivity index (χ4v) is 5.98. The fraction of sp³-hybridized carbons (Fsp3) is 0.261. The van der Waals surface area contributed by atoms with Gasteiger partial charge < -0.3 is 14.4 Å². The average Bonchev–Trinajstić information content (AvgIpc) is 3.54. The smallest absolute Gasteiger partial charge is 0.263 e. The lowest BCUT2D eigenvalue weighted by atomic mass is 10.2. The summed E-state index contributed by atoms with van der Waals surface area (Å²) in [7, 11) is -3.74. The number of nitrogens with zero attached hydrogens (tertiary/aromatic N) is 5. The Morgan fingerprint density at radius 3 is 2.51 bits per heavy atom. The van der Waals surface area contributed by atoms with Crippen LogP contribution in [0.5, 0.6) is 0 Å². The Balaban J connectivity index is 1.22. The van der Waals surface area contributed by atoms with Crippen LogP contribution >= 0.6 is 11.3 Å². The summed E-state index contributed by atoms with van der Waals surface area (Å²) in [4.78, 5) is 17.2. The number of carbonyl (C=O) groups is 1. The predicted molar refractivity (Wildman–Crippen MR) is 133 cm³/mol. The maximum Gasteiger partial charge on any atom is 0.263 e. The third kappa shape index (κ3) is 4.58. The number of fused-ring (bicyclic) bond motifs is 1. The summed E-state index contributed by atoms with van der Waals surface area (Å²) >= 11 is 1.10. The molecule has 9 nitrogen and oxygen atoms in total. The van der Waals surface area contributed by atoms with Gasteiger partial charge in [-0.2, -0.15) is 0 Å². The van der Waals surface area contributed by atoms with Gasteiger partial charge in [0.25, 0.3) is 10.0 Å². The Kier molecular flexibility index (Phi) is 6.15. The van der Waals surface area contributed by atoms with E-state index in [1.54, 1.807) is 42.6 Å². The highest BCUT2D eigenvalue weighted by molar-refractivity contribution is 7.93. The molecule has 2 aromatic heterocycles. The molecule has 182 valence electrons. The van der Waals surface area contributed by atoms with Crippen LogP contribution in [0, 0.1) is 5.82 Å². The molecule has 1 atom stereocenters. The van der Waals surface area contributed by atoms with Crippen LogP contribution in [0.2, 0.25) is 0 Å². The molecule has 0 radical (unpaired) electrons. The number of hydrogen-bond acceptors (Lipinski definition) is 7. The lowest BCUT2D eigenvalue weighted by Gasteiger charge is -2.37. The maximum absolute atomic E-state index is 14.0. The number of carbonyl (C=O) groups excluding carboxylic acids is 1. The zero-order valence-electron chi connectivity index (χ0n) is 18.8. The number of hydrogen-bond donors (Lipinski definition) is 1. The van der Waals surface area contributed by atoms with Crippen molar-refractivity contribution in [3.63, 3.8) is 0 Å². The minimum absolute atomic E-state index is 0.0180. The molecular weight excluding hydrogens is 491 g/mol. The first-order valence-corrected chi connectivity index (χ1v) is 13.4. The molecule has 5 rings (SSSR count). The van der Waals surface area contributed by atoms with E-state index in [9.17, 15) is 17.6 Å². The molecule has 4 aromatic rings. The second-order valence-corrected chi connectivity index (χ2v) is 10.7. The van der Waals surface area contributed by atoms with Gasteiger partial charge in [-0.05, 0) is 49.4 Å². The molecule has 1 aliphatic rings. The van der Waals surface area contributed by atoms with Crippen LogP contribution in [0.3, 0.4) is 0 Å². The number of benzene rings is 2. The zero-order chi connectivity index (χ0) is 24.6. The van der Waals surface area contributed by atoms with Gasteiger partial charge in [0.2, 0.25) is 11.0 Å². The van der Waals surface area contributed by atoms with E-state index in [2.05, 4.69) is 19.8 Å². The van der Waals surface area contributed by atoms with Crippen LogP contribution in [0.1, 0.15) is 13.0 Å². The number of amides is 1. The van der Waals surface area contributed by atoms with Crippen molar-refractivity contribution in [3.8, 4) is 0 Å². The standard InChI is InChI=1S/C23H23FN6O3S2/c1-16(30-10-9-19-20(24)3-2-4-21(19)30)22(31)29-13-11-28(12-14-29)17-5-7-18(8-6-17)35(32,33)27-23-26-25-15-34-23/h2-10,15-16H,11-14H2,1H3,(H,26,27)/t16-/m0/s1. The monoisotopic (exact) mass is 514 g/mol. The van der Waals surface area contributed by atoms with Crippen molar-refractivity contribution in [2.24, 2.45) is 0 Å². The highest BCUT2D eigenvalue weighted by atomic mass is 32.2. The first kappa shape index (κ1) is 23.2. The number of piperazine rings is 1. The van der Waals surface area contributed by atoms with E-state index in [-0.39, 0.29) is 21.8 Å². The Morgan fingerprint density at radius 1 is 1.09 bits per heavy atom. The van der Waals surface area contributed by atoms with Gasteiger partial charge in [0.1, 0.15) is 17.4 Å². The summed E-state index contributed by atoms with van der Waals surface area (Å²) < 4.78 is 43.3. The van der Waals surface area contributed by atoms with Gasteiger partial charge in [0.15, 0.2) is 0 Å². The van der Waals surface area contributed by atoms with Gasteiger partial charge in [-0.1, -0.05) is 17.4 Å². The van der Waals surface area contributed by atoms with Crippen LogP contribution in [0.25, 0.3) is 10.9 Å². The van der Waals surface area contributed by atoms with Crippen molar-refractivity contribution in [3.05, 3.63) is 66.1 Å². The largest absolute Gasteiger partial charge is 0.368 e. The van der Waals surface area contributed by atoms with Crippen molar-refractivity contribution in [1.82, 2.24) is 19.7 Å². The van der Waals surface area contributed by atoms with E-state index < -0.39 is 16.1 Å². The van der Waals surface area contributed by atoms with E-state index in [1.165, 1.54) is 11.6 Å². The van der Waals surface area contributed by atoms with E-state index in [1.807, 2.05) is 22.5 Å². The minimum atomic E-state index is -3.74. The first-order valence-electron chi connectivity index (χ1n) is 11.0. The number of halogens is 1. The zero-order valence-corrected chi connectivity index (χ0v) is 20.5. The summed E-state index contributed by atoms with van der Waals surface area (Å²) in [5, 5.41) is 8.04. The number of sulfonamides is 1. The van der Waals surface area contributed by atoms with Crippen LogP contribution in [0.15, 0.2) is 65.1 Å². The lowest BCUT2D eigenvalue weighted by Crippen LogP contribution is -2.50. The number of nitrogens with one attached hydrogen (secondary N) is 1. The molecule has 3 heterocycles. The molecule has 0 saturated carbocycles. The van der Waals surface area contributed by atoms with E-state index in [4.69, 9.17) is 0 Å². The van der Waals surface area contributed by atoms with Crippen LogP contribution < -0.4 is 9.62 Å². The molecule has 0 spiro atoms. The van der Waals surface area contributed by atoms with E-state index >= 15 is 0 Å². The summed E-state index contributed by atoms with van der Waals surface area (Å²) in [6.45, 7) is 4.14. The van der Waals surface area contributed by atoms with Crippen LogP contribution in [-0.4, -0.2) is 60.2 Å². The van der Waals surface area contributed by atoms with Gasteiger partial charge >= 0.3 is 0 Å². The number of rotatable bonds is 6. The van der Waals surface area contributed by atoms with Crippen molar-refractivity contribution < 1.29 is 17.6 Å². The Morgan fingerprint density at radius 2 is 1.83 bits per heavy atom. The molecule has 0 aliphatic carbocycles. The van der Waals surface area contributed by atoms with Gasteiger partial charge in [0.05, 0.1) is 10.4 Å². The highest BCUT2D eigenvalue weighted by Gasteiger charge is 2.27. The highest BCUT2D eigenvalue weighted by Crippen LogP contribution is 2.25. The van der Waals surface area contributed by atoms with Gasteiger partial charge in [-0.3, -0.25) is 9.52 Å². The molecular formula is C23H23FN6O3S2. The molecule has 0 unspecified atom stereocenters. The third-order valence-corrected chi connectivity index (χ3v) is 8.26. The van der Waals surface area contributed by atoms with Gasteiger partial charge in [-0.25, -0.2) is 12.8 Å². The van der Waals surface area contributed by atoms with Crippen molar-refractivity contribution in [1.29, 1.82) is 0 Å². The summed E-state index contributed by atoms with van der Waals surface area (Å²) in [6.07, 6.45) is 1.75. The van der Waals surface area contributed by atoms with Crippen molar-refractivity contribution >= 4 is 49.0 Å². The average molecular weight is 515 g/mol. The van der Waals surface area contributed by atoms with Crippen LogP contribution in [0.4, 0.5) is 15.2 Å². The number of aromatic nitrogens is 3. The molecule has 1 aliphatic heterocycles. The molecule has 1 saturated heterocycles. The van der Waals surface area contributed by atoms with E-state index in [0.717, 1.165) is 17.0 Å². The Hall–Kier alpha value is -3.51. The lowest BCUT2D eigenvalue weighted by molar-refractivity contribution is -0.134. The topological polar surface area (TPSA) is 100 Å². The fourth-order valence-electron chi connectivity index (χ4n) is 4.28. The number of anilines is 2. The maximum atomic E-state index is 14.0. The molecule has 1 fully saturated rings. The van der Waals surface area contributed by atoms with Crippen LogP contribution in [-0.2, 0) is 14.8 Å². The minimum Gasteiger partial charge on any atom is -0.368 e. The molecule has 12 heteroatoms. The third-order valence-electron chi connectivity index (χ3n) is 6.17. The molecule has 35 heavy (non-hydrogen) atoms. The SMILES string of the molecule is C[C@@H](C(=O)N1CCN(c2ccc(S(=O)(=O)Nc3nncs3)cc2)CC1)n1ccc2c(F)cccc21.